The molecule has 1 aromatic heterocycles. The molecule has 0 saturated carbocycles. The van der Waals surface area contributed by atoms with Crippen LogP contribution in [-0.4, -0.2) is 25.8 Å². The van der Waals surface area contributed by atoms with Crippen LogP contribution in [0.3, 0.4) is 0 Å². The monoisotopic (exact) mass is 364 g/mol. The van der Waals surface area contributed by atoms with Crippen LogP contribution in [0.4, 0.5) is 0 Å². The van der Waals surface area contributed by atoms with Crippen molar-refractivity contribution in [3.8, 4) is 11.4 Å². The molecule has 4 nitrogen and oxygen atoms in total. The van der Waals surface area contributed by atoms with Gasteiger partial charge in [-0.3, -0.25) is 4.90 Å². The lowest BCUT2D eigenvalue weighted by atomic mass is 10.1. The molecule has 0 bridgehead atoms. The standard InChI is InChI=1S/C21H24N4S/c1-2-24-20(18-12-7-4-8-13-18)22-25(21(24)26)16-23-15-9-14-19(23)17-10-5-3-6-11-17/h3-8,10-13,19H,2,9,14-16H2,1H3. The highest BCUT2D eigenvalue weighted by Crippen LogP contribution is 2.32. The van der Waals surface area contributed by atoms with Crippen molar-refractivity contribution in [2.24, 2.45) is 0 Å². The number of aromatic nitrogens is 3. The maximum Gasteiger partial charge on any atom is 0.199 e. The largest absolute Gasteiger partial charge is 0.300 e. The summed E-state index contributed by atoms with van der Waals surface area (Å²) in [5.74, 6) is 0.952. The summed E-state index contributed by atoms with van der Waals surface area (Å²) in [5, 5.41) is 4.88. The lowest BCUT2D eigenvalue weighted by molar-refractivity contribution is 0.190. The molecule has 4 rings (SSSR count). The van der Waals surface area contributed by atoms with Gasteiger partial charge >= 0.3 is 0 Å². The number of hydrogen-bond acceptors (Lipinski definition) is 3. The SMILES string of the molecule is CCn1c(-c2ccccc2)nn(CN2CCCC2c2ccccc2)c1=S. The Morgan fingerprint density at radius 3 is 2.42 bits per heavy atom. The Balaban J connectivity index is 1.64. The zero-order chi connectivity index (χ0) is 17.9. The van der Waals surface area contributed by atoms with Gasteiger partial charge in [-0.2, -0.15) is 5.10 Å². The summed E-state index contributed by atoms with van der Waals surface area (Å²) in [4.78, 5) is 2.49. The highest BCUT2D eigenvalue weighted by molar-refractivity contribution is 7.71. The van der Waals surface area contributed by atoms with Gasteiger partial charge < -0.3 is 4.57 Å². The lowest BCUT2D eigenvalue weighted by Gasteiger charge is -2.24. The van der Waals surface area contributed by atoms with Gasteiger partial charge in [0.1, 0.15) is 0 Å². The molecular formula is C21H24N4S. The predicted octanol–water partition coefficient (Wildman–Crippen LogP) is 4.90. The summed E-state index contributed by atoms with van der Waals surface area (Å²) in [6, 6.07) is 21.5. The quantitative estimate of drug-likeness (QED) is 0.603. The minimum absolute atomic E-state index is 0.449. The molecule has 2 aromatic carbocycles. The van der Waals surface area contributed by atoms with Crippen LogP contribution in [0.2, 0.25) is 0 Å². The Morgan fingerprint density at radius 2 is 1.73 bits per heavy atom. The zero-order valence-electron chi connectivity index (χ0n) is 15.1. The molecule has 5 heteroatoms. The molecule has 1 unspecified atom stereocenters. The Hall–Kier alpha value is -2.24. The van der Waals surface area contributed by atoms with E-state index in [1.54, 1.807) is 0 Å². The molecule has 134 valence electrons. The number of rotatable bonds is 5. The third-order valence-corrected chi connectivity index (χ3v) is 5.57. The minimum Gasteiger partial charge on any atom is -0.300 e. The van der Waals surface area contributed by atoms with Crippen molar-refractivity contribution in [1.29, 1.82) is 0 Å². The van der Waals surface area contributed by atoms with Crippen LogP contribution in [0.1, 0.15) is 31.4 Å². The first kappa shape index (κ1) is 17.2. The molecule has 0 spiro atoms. The molecule has 1 saturated heterocycles. The van der Waals surface area contributed by atoms with Gasteiger partial charge in [0.2, 0.25) is 0 Å². The fourth-order valence-electron chi connectivity index (χ4n) is 3.84. The fraction of sp³-hybridized carbons (Fsp3) is 0.333. The minimum atomic E-state index is 0.449. The van der Waals surface area contributed by atoms with Crippen molar-refractivity contribution in [2.45, 2.75) is 39.0 Å². The van der Waals surface area contributed by atoms with Crippen LogP contribution in [0.15, 0.2) is 60.7 Å². The highest BCUT2D eigenvalue weighted by Gasteiger charge is 2.27. The van der Waals surface area contributed by atoms with Crippen LogP contribution in [0.5, 0.6) is 0 Å². The van der Waals surface area contributed by atoms with Crippen molar-refractivity contribution >= 4 is 12.2 Å². The van der Waals surface area contributed by atoms with Crippen LogP contribution < -0.4 is 0 Å². The van der Waals surface area contributed by atoms with E-state index in [1.165, 1.54) is 18.4 Å². The molecule has 0 N–H and O–H groups in total. The van der Waals surface area contributed by atoms with Crippen molar-refractivity contribution in [1.82, 2.24) is 19.2 Å². The van der Waals surface area contributed by atoms with E-state index < -0.39 is 0 Å². The Bertz CT molecular complexity index is 914. The number of benzene rings is 2. The van der Waals surface area contributed by atoms with Crippen LogP contribution in [-0.2, 0) is 13.2 Å². The van der Waals surface area contributed by atoms with Gasteiger partial charge in [0.05, 0.1) is 6.67 Å². The van der Waals surface area contributed by atoms with E-state index in [2.05, 4.69) is 58.9 Å². The second kappa shape index (κ2) is 7.56. The van der Waals surface area contributed by atoms with Crippen molar-refractivity contribution in [3.63, 3.8) is 0 Å². The molecule has 1 atom stereocenters. The molecule has 3 aromatic rings. The topological polar surface area (TPSA) is 26.0 Å². The smallest absolute Gasteiger partial charge is 0.199 e. The van der Waals surface area contributed by atoms with Gasteiger partial charge in [-0.25, -0.2) is 4.68 Å². The molecule has 0 aliphatic carbocycles. The van der Waals surface area contributed by atoms with Gasteiger partial charge in [0, 0.05) is 24.7 Å². The maximum absolute atomic E-state index is 5.74. The van der Waals surface area contributed by atoms with Crippen LogP contribution >= 0.6 is 12.2 Å². The molecular weight excluding hydrogens is 340 g/mol. The molecule has 0 radical (unpaired) electrons. The first-order chi connectivity index (χ1) is 12.8. The molecule has 26 heavy (non-hydrogen) atoms. The lowest BCUT2D eigenvalue weighted by Crippen LogP contribution is -2.27. The second-order valence-corrected chi connectivity index (χ2v) is 7.10. The third-order valence-electron chi connectivity index (χ3n) is 5.13. The average molecular weight is 365 g/mol. The number of hydrogen-bond donors (Lipinski definition) is 0. The van der Waals surface area contributed by atoms with Gasteiger partial charge in [-0.15, -0.1) is 0 Å². The third kappa shape index (κ3) is 3.24. The Morgan fingerprint density at radius 1 is 1.04 bits per heavy atom. The summed E-state index contributed by atoms with van der Waals surface area (Å²) < 4.78 is 4.91. The molecule has 1 fully saturated rings. The van der Waals surface area contributed by atoms with Gasteiger partial charge in [0.15, 0.2) is 10.6 Å². The predicted molar refractivity (Wildman–Crippen MR) is 107 cm³/mol. The average Bonchev–Trinajstić information content (AvgIpc) is 3.28. The van der Waals surface area contributed by atoms with Crippen molar-refractivity contribution < 1.29 is 0 Å². The van der Waals surface area contributed by atoms with Crippen LogP contribution in [0.25, 0.3) is 11.4 Å². The van der Waals surface area contributed by atoms with Gasteiger partial charge in [-0.05, 0) is 37.5 Å². The van der Waals surface area contributed by atoms with E-state index in [9.17, 15) is 0 Å². The summed E-state index contributed by atoms with van der Waals surface area (Å²) in [6.45, 7) is 4.77. The van der Waals surface area contributed by atoms with Crippen molar-refractivity contribution in [3.05, 3.63) is 71.0 Å². The molecule has 1 aliphatic rings. The summed E-state index contributed by atoms with van der Waals surface area (Å²) in [7, 11) is 0. The fourth-order valence-corrected chi connectivity index (χ4v) is 4.15. The zero-order valence-corrected chi connectivity index (χ0v) is 15.9. The first-order valence-corrected chi connectivity index (χ1v) is 9.71. The van der Waals surface area contributed by atoms with Gasteiger partial charge in [-0.1, -0.05) is 60.7 Å². The summed E-state index contributed by atoms with van der Waals surface area (Å²) in [5.41, 5.74) is 2.50. The number of likely N-dealkylation sites (tertiary alicyclic amines) is 1. The Labute approximate surface area is 159 Å². The van der Waals surface area contributed by atoms with E-state index >= 15 is 0 Å². The van der Waals surface area contributed by atoms with E-state index in [4.69, 9.17) is 17.3 Å². The molecule has 1 aliphatic heterocycles. The summed E-state index contributed by atoms with van der Waals surface area (Å²) in [6.07, 6.45) is 2.41. The molecule has 2 heterocycles. The number of nitrogens with zero attached hydrogens (tertiary/aromatic N) is 4. The van der Waals surface area contributed by atoms with Crippen molar-refractivity contribution in [2.75, 3.05) is 6.54 Å². The normalized spacial score (nSPS) is 17.7. The van der Waals surface area contributed by atoms with E-state index in [-0.39, 0.29) is 0 Å². The van der Waals surface area contributed by atoms with E-state index in [1.807, 2.05) is 22.9 Å². The van der Waals surface area contributed by atoms with Crippen LogP contribution in [0, 0.1) is 4.77 Å². The highest BCUT2D eigenvalue weighted by atomic mass is 32.1. The second-order valence-electron chi connectivity index (χ2n) is 6.74. The van der Waals surface area contributed by atoms with Gasteiger partial charge in [0.25, 0.3) is 0 Å². The summed E-state index contributed by atoms with van der Waals surface area (Å²) >= 11 is 5.74. The molecule has 0 amide bonds. The van der Waals surface area contributed by atoms with E-state index in [0.29, 0.717) is 6.04 Å². The van der Waals surface area contributed by atoms with E-state index in [0.717, 1.165) is 35.9 Å². The first-order valence-electron chi connectivity index (χ1n) is 9.30. The Kier molecular flexibility index (Phi) is 5.00. The maximum atomic E-state index is 5.74.